The molecular formula is C33H63O8P. The second kappa shape index (κ2) is 29.8. The van der Waals surface area contributed by atoms with Gasteiger partial charge in [-0.05, 0) is 38.5 Å². The molecule has 0 spiro atoms. The lowest BCUT2D eigenvalue weighted by Gasteiger charge is -2.18. The van der Waals surface area contributed by atoms with Gasteiger partial charge in [-0.15, -0.1) is 0 Å². The molecule has 0 fully saturated rings. The SMILES string of the molecule is CCCCCCCCC/C=C\CCCCCCCCCC(=O)OC(COC(=O)CCCCCCCC)COP(=O)(O)O. The molecule has 0 amide bonds. The first-order valence-corrected chi connectivity index (χ1v) is 18.5. The quantitative estimate of drug-likeness (QED) is 0.0341. The van der Waals surface area contributed by atoms with Gasteiger partial charge in [0.15, 0.2) is 6.10 Å². The maximum absolute atomic E-state index is 12.3. The lowest BCUT2D eigenvalue weighted by molar-refractivity contribution is -0.161. The number of allylic oxidation sites excluding steroid dienone is 2. The molecule has 1 unspecified atom stereocenters. The summed E-state index contributed by atoms with van der Waals surface area (Å²) in [5.41, 5.74) is 0. The number of hydrogen-bond donors (Lipinski definition) is 2. The van der Waals surface area contributed by atoms with Crippen molar-refractivity contribution in [3.63, 3.8) is 0 Å². The van der Waals surface area contributed by atoms with Crippen LogP contribution in [0.1, 0.15) is 168 Å². The summed E-state index contributed by atoms with van der Waals surface area (Å²) >= 11 is 0. The summed E-state index contributed by atoms with van der Waals surface area (Å²) in [5, 5.41) is 0. The molecule has 42 heavy (non-hydrogen) atoms. The molecule has 0 radical (unpaired) electrons. The Balaban J connectivity index is 3.90. The van der Waals surface area contributed by atoms with Gasteiger partial charge in [-0.3, -0.25) is 14.1 Å². The van der Waals surface area contributed by atoms with Crippen molar-refractivity contribution in [1.82, 2.24) is 0 Å². The third kappa shape index (κ3) is 31.7. The van der Waals surface area contributed by atoms with E-state index in [1.165, 1.54) is 77.0 Å². The molecule has 0 aromatic rings. The average molecular weight is 619 g/mol. The minimum atomic E-state index is -4.73. The third-order valence-corrected chi connectivity index (χ3v) is 7.77. The van der Waals surface area contributed by atoms with Crippen LogP contribution >= 0.6 is 7.82 Å². The molecule has 1 atom stereocenters. The highest BCUT2D eigenvalue weighted by Crippen LogP contribution is 2.35. The van der Waals surface area contributed by atoms with Gasteiger partial charge in [-0.2, -0.15) is 0 Å². The zero-order valence-corrected chi connectivity index (χ0v) is 27.8. The van der Waals surface area contributed by atoms with E-state index in [2.05, 4.69) is 30.5 Å². The average Bonchev–Trinajstić information content (AvgIpc) is 2.95. The number of esters is 2. The maximum Gasteiger partial charge on any atom is 0.469 e. The first kappa shape index (κ1) is 40.8. The summed E-state index contributed by atoms with van der Waals surface area (Å²) in [4.78, 5) is 42.3. The molecule has 0 bridgehead atoms. The lowest BCUT2D eigenvalue weighted by Crippen LogP contribution is -2.29. The summed E-state index contributed by atoms with van der Waals surface area (Å²) in [6.45, 7) is 3.59. The van der Waals surface area contributed by atoms with Crippen molar-refractivity contribution in [3.05, 3.63) is 12.2 Å². The number of ether oxygens (including phenoxy) is 2. The van der Waals surface area contributed by atoms with E-state index in [-0.39, 0.29) is 19.4 Å². The summed E-state index contributed by atoms with van der Waals surface area (Å²) in [6, 6.07) is 0. The maximum atomic E-state index is 12.3. The summed E-state index contributed by atoms with van der Waals surface area (Å²) in [7, 11) is -4.73. The molecular weight excluding hydrogens is 555 g/mol. The lowest BCUT2D eigenvalue weighted by atomic mass is 10.1. The van der Waals surface area contributed by atoms with E-state index < -0.39 is 32.5 Å². The van der Waals surface area contributed by atoms with E-state index in [0.29, 0.717) is 6.42 Å². The molecule has 0 aliphatic rings. The van der Waals surface area contributed by atoms with E-state index in [1.807, 2.05) is 0 Å². The topological polar surface area (TPSA) is 119 Å². The predicted octanol–water partition coefficient (Wildman–Crippen LogP) is 9.51. The number of carbonyl (C=O) groups excluding carboxylic acids is 2. The van der Waals surface area contributed by atoms with E-state index in [4.69, 9.17) is 19.3 Å². The van der Waals surface area contributed by atoms with Gasteiger partial charge in [0.05, 0.1) is 6.61 Å². The highest BCUT2D eigenvalue weighted by atomic mass is 31.2. The fourth-order valence-corrected chi connectivity index (χ4v) is 5.08. The number of hydrogen-bond acceptors (Lipinski definition) is 6. The zero-order valence-electron chi connectivity index (χ0n) is 26.9. The van der Waals surface area contributed by atoms with Crippen LogP contribution in [0.2, 0.25) is 0 Å². The first-order valence-electron chi connectivity index (χ1n) is 17.0. The summed E-state index contributed by atoms with van der Waals surface area (Å²) in [6.07, 6.45) is 29.7. The van der Waals surface area contributed by atoms with Gasteiger partial charge in [-0.1, -0.05) is 129 Å². The van der Waals surface area contributed by atoms with Crippen LogP contribution in [0, 0.1) is 0 Å². The van der Waals surface area contributed by atoms with Crippen LogP contribution in [-0.4, -0.2) is 41.0 Å². The number of phosphoric acid groups is 1. The minimum absolute atomic E-state index is 0.210. The molecule has 248 valence electrons. The molecule has 8 nitrogen and oxygen atoms in total. The van der Waals surface area contributed by atoms with Crippen molar-refractivity contribution in [1.29, 1.82) is 0 Å². The fourth-order valence-electron chi connectivity index (χ4n) is 4.72. The molecule has 0 saturated carbocycles. The number of rotatable bonds is 31. The molecule has 0 aromatic heterocycles. The molecule has 0 aliphatic heterocycles. The van der Waals surface area contributed by atoms with Gasteiger partial charge in [-0.25, -0.2) is 4.57 Å². The highest BCUT2D eigenvalue weighted by molar-refractivity contribution is 7.46. The van der Waals surface area contributed by atoms with Gasteiger partial charge >= 0.3 is 19.8 Å². The van der Waals surface area contributed by atoms with Crippen molar-refractivity contribution >= 4 is 19.8 Å². The molecule has 0 aromatic carbocycles. The Bertz CT molecular complexity index is 706. The minimum Gasteiger partial charge on any atom is -0.462 e. The largest absolute Gasteiger partial charge is 0.469 e. The van der Waals surface area contributed by atoms with Crippen molar-refractivity contribution in [2.75, 3.05) is 13.2 Å². The molecule has 0 heterocycles. The van der Waals surface area contributed by atoms with E-state index in [1.54, 1.807) is 0 Å². The summed E-state index contributed by atoms with van der Waals surface area (Å²) in [5.74, 6) is -0.896. The van der Waals surface area contributed by atoms with Crippen LogP contribution in [0.3, 0.4) is 0 Å². The van der Waals surface area contributed by atoms with Crippen LogP contribution < -0.4 is 0 Å². The van der Waals surface area contributed by atoms with Crippen LogP contribution in [0.4, 0.5) is 0 Å². The van der Waals surface area contributed by atoms with E-state index in [0.717, 1.165) is 57.8 Å². The first-order chi connectivity index (χ1) is 20.3. The Morgan fingerprint density at radius 2 is 1.00 bits per heavy atom. The van der Waals surface area contributed by atoms with Crippen LogP contribution in [-0.2, 0) is 28.2 Å². The standard InChI is InChI=1S/C33H63O8P/c1-3-5-7-9-11-12-13-14-15-16-17-18-19-20-21-22-24-26-28-33(35)41-31(30-40-42(36,37)38)29-39-32(34)27-25-23-10-8-6-4-2/h15-16,31H,3-14,17-30H2,1-2H3,(H2,36,37,38)/b16-15-. The Morgan fingerprint density at radius 1 is 0.595 bits per heavy atom. The molecule has 9 heteroatoms. The van der Waals surface area contributed by atoms with Crippen molar-refractivity contribution in [2.24, 2.45) is 0 Å². The number of unbranched alkanes of at least 4 members (excludes halogenated alkanes) is 19. The number of carbonyl (C=O) groups is 2. The Morgan fingerprint density at radius 3 is 1.45 bits per heavy atom. The van der Waals surface area contributed by atoms with Crippen molar-refractivity contribution < 1.29 is 37.9 Å². The Hall–Kier alpha value is -1.21. The van der Waals surface area contributed by atoms with Gasteiger partial charge in [0.1, 0.15) is 6.61 Å². The molecule has 2 N–H and O–H groups in total. The second-order valence-corrected chi connectivity index (χ2v) is 12.7. The monoisotopic (exact) mass is 618 g/mol. The highest BCUT2D eigenvalue weighted by Gasteiger charge is 2.22. The summed E-state index contributed by atoms with van der Waals surface area (Å²) < 4.78 is 26.1. The number of phosphoric ester groups is 1. The smallest absolute Gasteiger partial charge is 0.462 e. The molecule has 0 aliphatic carbocycles. The Labute approximate surface area is 257 Å². The molecule has 0 rings (SSSR count). The van der Waals surface area contributed by atoms with Crippen molar-refractivity contribution in [2.45, 2.75) is 174 Å². The predicted molar refractivity (Wildman–Crippen MR) is 170 cm³/mol. The van der Waals surface area contributed by atoms with Gasteiger partial charge < -0.3 is 19.3 Å². The van der Waals surface area contributed by atoms with Gasteiger partial charge in [0.25, 0.3) is 0 Å². The van der Waals surface area contributed by atoms with Crippen molar-refractivity contribution in [3.8, 4) is 0 Å². The van der Waals surface area contributed by atoms with E-state index in [9.17, 15) is 14.2 Å². The second-order valence-electron chi connectivity index (χ2n) is 11.5. The normalized spacial score (nSPS) is 12.6. The van der Waals surface area contributed by atoms with Crippen LogP contribution in [0.15, 0.2) is 12.2 Å². The van der Waals surface area contributed by atoms with Crippen LogP contribution in [0.25, 0.3) is 0 Å². The molecule has 0 saturated heterocycles. The Kier molecular flexibility index (Phi) is 29.0. The van der Waals surface area contributed by atoms with Crippen LogP contribution in [0.5, 0.6) is 0 Å². The van der Waals surface area contributed by atoms with Gasteiger partial charge in [0.2, 0.25) is 0 Å². The van der Waals surface area contributed by atoms with E-state index >= 15 is 0 Å². The zero-order chi connectivity index (χ0) is 31.2. The fraction of sp³-hybridized carbons (Fsp3) is 0.879. The van der Waals surface area contributed by atoms with Gasteiger partial charge in [0, 0.05) is 12.8 Å². The third-order valence-electron chi connectivity index (χ3n) is 7.28.